The van der Waals surface area contributed by atoms with Gasteiger partial charge in [-0.15, -0.1) is 0 Å². The van der Waals surface area contributed by atoms with Gasteiger partial charge >= 0.3 is 0 Å². The molecule has 1 aliphatic rings. The van der Waals surface area contributed by atoms with Crippen LogP contribution >= 0.6 is 0 Å². The lowest BCUT2D eigenvalue weighted by Gasteiger charge is -2.27. The zero-order chi connectivity index (χ0) is 14.5. The SMILES string of the molecule is COc1c(CCN2CCNCC2)cc(F)c(F)c1OC. The van der Waals surface area contributed by atoms with Crippen molar-refractivity contribution in [3.8, 4) is 11.5 Å². The van der Waals surface area contributed by atoms with Crippen LogP contribution in [0.5, 0.6) is 11.5 Å². The Morgan fingerprint density at radius 3 is 2.40 bits per heavy atom. The van der Waals surface area contributed by atoms with E-state index in [0.29, 0.717) is 12.0 Å². The van der Waals surface area contributed by atoms with Crippen LogP contribution in [0.1, 0.15) is 5.56 Å². The summed E-state index contributed by atoms with van der Waals surface area (Å²) in [6.07, 6.45) is 0.594. The maximum Gasteiger partial charge on any atom is 0.204 e. The van der Waals surface area contributed by atoms with E-state index in [4.69, 9.17) is 9.47 Å². The van der Waals surface area contributed by atoms with Crippen molar-refractivity contribution >= 4 is 0 Å². The lowest BCUT2D eigenvalue weighted by Crippen LogP contribution is -2.44. The number of benzene rings is 1. The third kappa shape index (κ3) is 3.19. The van der Waals surface area contributed by atoms with Crippen LogP contribution in [0.2, 0.25) is 0 Å². The Kier molecular flexibility index (Phi) is 5.14. The second-order valence-electron chi connectivity index (χ2n) is 4.74. The zero-order valence-electron chi connectivity index (χ0n) is 11.8. The minimum atomic E-state index is -1.00. The van der Waals surface area contributed by atoms with Crippen molar-refractivity contribution in [3.63, 3.8) is 0 Å². The molecule has 1 aliphatic heterocycles. The highest BCUT2D eigenvalue weighted by atomic mass is 19.2. The smallest absolute Gasteiger partial charge is 0.204 e. The highest BCUT2D eigenvalue weighted by molar-refractivity contribution is 5.48. The lowest BCUT2D eigenvalue weighted by atomic mass is 10.1. The van der Waals surface area contributed by atoms with Gasteiger partial charge in [-0.2, -0.15) is 4.39 Å². The largest absolute Gasteiger partial charge is 0.492 e. The topological polar surface area (TPSA) is 33.7 Å². The van der Waals surface area contributed by atoms with E-state index in [2.05, 4.69) is 10.2 Å². The molecular weight excluding hydrogens is 266 g/mol. The standard InChI is InChI=1S/C14H20F2N2O2/c1-19-13-10(3-6-18-7-4-17-5-8-18)9-11(15)12(16)14(13)20-2/h9,17H,3-8H2,1-2H3. The number of ether oxygens (including phenoxy) is 2. The van der Waals surface area contributed by atoms with Gasteiger partial charge in [-0.3, -0.25) is 0 Å². The van der Waals surface area contributed by atoms with Gasteiger partial charge in [-0.1, -0.05) is 0 Å². The fourth-order valence-corrected chi connectivity index (χ4v) is 2.44. The molecule has 1 saturated heterocycles. The number of rotatable bonds is 5. The van der Waals surface area contributed by atoms with E-state index in [0.717, 1.165) is 32.7 Å². The maximum atomic E-state index is 13.6. The second kappa shape index (κ2) is 6.85. The van der Waals surface area contributed by atoms with Crippen LogP contribution in [-0.2, 0) is 6.42 Å². The van der Waals surface area contributed by atoms with Crippen molar-refractivity contribution in [2.45, 2.75) is 6.42 Å². The first-order valence-corrected chi connectivity index (χ1v) is 6.69. The van der Waals surface area contributed by atoms with Crippen molar-refractivity contribution in [3.05, 3.63) is 23.3 Å². The number of piperazine rings is 1. The normalized spacial score (nSPS) is 16.2. The first kappa shape index (κ1) is 15.0. The third-order valence-corrected chi connectivity index (χ3v) is 3.52. The van der Waals surface area contributed by atoms with E-state index in [1.807, 2.05) is 0 Å². The third-order valence-electron chi connectivity index (χ3n) is 3.52. The van der Waals surface area contributed by atoms with Crippen molar-refractivity contribution in [2.75, 3.05) is 46.9 Å². The van der Waals surface area contributed by atoms with E-state index in [-0.39, 0.29) is 11.5 Å². The molecule has 4 nitrogen and oxygen atoms in total. The molecule has 1 fully saturated rings. The Morgan fingerprint density at radius 1 is 1.15 bits per heavy atom. The molecule has 6 heteroatoms. The van der Waals surface area contributed by atoms with Crippen LogP contribution in [0.25, 0.3) is 0 Å². The second-order valence-corrected chi connectivity index (χ2v) is 4.74. The molecule has 0 unspecified atom stereocenters. The summed E-state index contributed by atoms with van der Waals surface area (Å²) in [4.78, 5) is 2.28. The van der Waals surface area contributed by atoms with Gasteiger partial charge in [0, 0.05) is 38.3 Å². The summed E-state index contributed by atoms with van der Waals surface area (Å²) in [6.45, 7) is 4.62. The number of hydrogen-bond donors (Lipinski definition) is 1. The maximum absolute atomic E-state index is 13.6. The summed E-state index contributed by atoms with van der Waals surface area (Å²) in [5, 5.41) is 3.27. The summed E-state index contributed by atoms with van der Waals surface area (Å²) in [6, 6.07) is 1.19. The molecule has 0 spiro atoms. The summed E-state index contributed by atoms with van der Waals surface area (Å²) in [5.74, 6) is -1.79. The van der Waals surface area contributed by atoms with Crippen LogP contribution in [0.3, 0.4) is 0 Å². The first-order valence-electron chi connectivity index (χ1n) is 6.69. The highest BCUT2D eigenvalue weighted by Crippen LogP contribution is 2.35. The van der Waals surface area contributed by atoms with Gasteiger partial charge in [0.15, 0.2) is 17.3 Å². The van der Waals surface area contributed by atoms with Crippen molar-refractivity contribution in [1.82, 2.24) is 10.2 Å². The Morgan fingerprint density at radius 2 is 1.80 bits per heavy atom. The van der Waals surface area contributed by atoms with Crippen LogP contribution in [-0.4, -0.2) is 51.8 Å². The number of methoxy groups -OCH3 is 2. The van der Waals surface area contributed by atoms with Gasteiger partial charge in [0.05, 0.1) is 14.2 Å². The predicted octanol–water partition coefficient (Wildman–Crippen LogP) is 1.43. The highest BCUT2D eigenvalue weighted by Gasteiger charge is 2.20. The van der Waals surface area contributed by atoms with Crippen LogP contribution in [0.4, 0.5) is 8.78 Å². The van der Waals surface area contributed by atoms with E-state index in [9.17, 15) is 8.78 Å². The van der Waals surface area contributed by atoms with Crippen LogP contribution in [0.15, 0.2) is 6.07 Å². The zero-order valence-corrected chi connectivity index (χ0v) is 11.8. The molecule has 1 aromatic rings. The summed E-state index contributed by atoms with van der Waals surface area (Å²) >= 11 is 0. The predicted molar refractivity (Wildman–Crippen MR) is 72.5 cm³/mol. The molecule has 0 aromatic heterocycles. The van der Waals surface area contributed by atoms with Gasteiger partial charge in [-0.25, -0.2) is 4.39 Å². The van der Waals surface area contributed by atoms with Gasteiger partial charge in [0.25, 0.3) is 0 Å². The number of nitrogens with zero attached hydrogens (tertiary/aromatic N) is 1. The fraction of sp³-hybridized carbons (Fsp3) is 0.571. The molecule has 0 atom stereocenters. The van der Waals surface area contributed by atoms with Gasteiger partial charge < -0.3 is 19.7 Å². The molecule has 1 N–H and O–H groups in total. The van der Waals surface area contributed by atoms with Gasteiger partial charge in [0.1, 0.15) is 0 Å². The monoisotopic (exact) mass is 286 g/mol. The van der Waals surface area contributed by atoms with Crippen LogP contribution in [0, 0.1) is 11.6 Å². The molecule has 0 amide bonds. The Balaban J connectivity index is 2.15. The van der Waals surface area contributed by atoms with Gasteiger partial charge in [-0.05, 0) is 12.5 Å². The number of halogens is 2. The number of nitrogens with one attached hydrogen (secondary N) is 1. The minimum Gasteiger partial charge on any atom is -0.492 e. The number of hydrogen-bond acceptors (Lipinski definition) is 4. The molecule has 0 saturated carbocycles. The quantitative estimate of drug-likeness (QED) is 0.888. The molecule has 20 heavy (non-hydrogen) atoms. The molecule has 2 rings (SSSR count). The average molecular weight is 286 g/mol. The molecule has 0 bridgehead atoms. The summed E-state index contributed by atoms with van der Waals surface area (Å²) in [7, 11) is 2.74. The average Bonchev–Trinajstić information content (AvgIpc) is 2.48. The van der Waals surface area contributed by atoms with Gasteiger partial charge in [0.2, 0.25) is 5.82 Å². The van der Waals surface area contributed by atoms with E-state index in [1.165, 1.54) is 20.3 Å². The van der Waals surface area contributed by atoms with E-state index < -0.39 is 11.6 Å². The van der Waals surface area contributed by atoms with Crippen LogP contribution < -0.4 is 14.8 Å². The molecule has 1 aromatic carbocycles. The van der Waals surface area contributed by atoms with E-state index >= 15 is 0 Å². The molecule has 0 aliphatic carbocycles. The molecule has 1 heterocycles. The first-order chi connectivity index (χ1) is 9.67. The molecule has 0 radical (unpaired) electrons. The molecular formula is C14H20F2N2O2. The van der Waals surface area contributed by atoms with Crippen molar-refractivity contribution < 1.29 is 18.3 Å². The summed E-state index contributed by atoms with van der Waals surface area (Å²) in [5.41, 5.74) is 0.627. The lowest BCUT2D eigenvalue weighted by molar-refractivity contribution is 0.242. The summed E-state index contributed by atoms with van der Waals surface area (Å²) < 4.78 is 37.3. The fourth-order valence-electron chi connectivity index (χ4n) is 2.44. The van der Waals surface area contributed by atoms with E-state index in [1.54, 1.807) is 0 Å². The Labute approximate surface area is 117 Å². The molecule has 112 valence electrons. The van der Waals surface area contributed by atoms with Crippen molar-refractivity contribution in [2.24, 2.45) is 0 Å². The van der Waals surface area contributed by atoms with Crippen molar-refractivity contribution in [1.29, 1.82) is 0 Å². The Hall–Kier alpha value is -1.40. The Bertz CT molecular complexity index is 463. The minimum absolute atomic E-state index is 0.164.